The predicted octanol–water partition coefficient (Wildman–Crippen LogP) is 1.44. The fourth-order valence-corrected chi connectivity index (χ4v) is 1.14. The second-order valence-corrected chi connectivity index (χ2v) is 2.72. The maximum atomic E-state index is 5.21. The molecule has 0 amide bonds. The van der Waals surface area contributed by atoms with E-state index in [0.717, 1.165) is 32.7 Å². The van der Waals surface area contributed by atoms with Crippen LogP contribution in [-0.4, -0.2) is 26.0 Å². The molecule has 1 saturated heterocycles. The van der Waals surface area contributed by atoms with Crippen molar-refractivity contribution in [1.29, 1.82) is 0 Å². The van der Waals surface area contributed by atoms with Crippen molar-refractivity contribution in [2.75, 3.05) is 19.8 Å². The predicted molar refractivity (Wildman–Crippen MR) is 43.7 cm³/mol. The second-order valence-electron chi connectivity index (χ2n) is 2.72. The van der Waals surface area contributed by atoms with Crippen LogP contribution in [0, 0.1) is 5.92 Å². The molecule has 1 aliphatic rings. The lowest BCUT2D eigenvalue weighted by molar-refractivity contribution is 0.0227. The van der Waals surface area contributed by atoms with Gasteiger partial charge in [-0.15, -0.1) is 0 Å². The summed E-state index contributed by atoms with van der Waals surface area (Å²) in [5, 5.41) is 3.70. The van der Waals surface area contributed by atoms with Gasteiger partial charge >= 0.3 is 0 Å². The van der Waals surface area contributed by atoms with E-state index in [4.69, 9.17) is 9.57 Å². The normalized spacial score (nSPS) is 20.8. The standard InChI is InChI=1S/C8H15NO2/c1-2-9-11-7-8-3-5-10-6-4-8/h2,8H,3-7H2,1H3/b9-2+. The van der Waals surface area contributed by atoms with Crippen LogP contribution in [0.2, 0.25) is 0 Å². The van der Waals surface area contributed by atoms with Gasteiger partial charge in [0.15, 0.2) is 0 Å². The first kappa shape index (κ1) is 8.53. The number of rotatable bonds is 3. The Balaban J connectivity index is 2.04. The SMILES string of the molecule is C/C=N/OCC1CCOCC1. The maximum absolute atomic E-state index is 5.21. The van der Waals surface area contributed by atoms with E-state index in [9.17, 15) is 0 Å². The largest absolute Gasteiger partial charge is 0.396 e. The van der Waals surface area contributed by atoms with Crippen LogP contribution in [0.3, 0.4) is 0 Å². The van der Waals surface area contributed by atoms with E-state index in [-0.39, 0.29) is 0 Å². The van der Waals surface area contributed by atoms with Gasteiger partial charge in [-0.3, -0.25) is 0 Å². The van der Waals surface area contributed by atoms with Crippen LogP contribution in [0.5, 0.6) is 0 Å². The van der Waals surface area contributed by atoms with E-state index in [1.54, 1.807) is 6.21 Å². The average Bonchev–Trinajstić information content (AvgIpc) is 2.07. The molecule has 1 aliphatic heterocycles. The molecule has 0 aromatic carbocycles. The first-order valence-electron chi connectivity index (χ1n) is 4.11. The molecule has 64 valence electrons. The molecule has 0 aromatic heterocycles. The summed E-state index contributed by atoms with van der Waals surface area (Å²) in [5.41, 5.74) is 0. The van der Waals surface area contributed by atoms with E-state index in [1.165, 1.54) is 0 Å². The molecule has 1 fully saturated rings. The van der Waals surface area contributed by atoms with Crippen molar-refractivity contribution < 1.29 is 9.57 Å². The minimum atomic E-state index is 0.646. The maximum Gasteiger partial charge on any atom is 0.120 e. The van der Waals surface area contributed by atoms with Crippen LogP contribution in [-0.2, 0) is 9.57 Å². The quantitative estimate of drug-likeness (QED) is 0.458. The van der Waals surface area contributed by atoms with Crippen LogP contribution in [0.15, 0.2) is 5.16 Å². The first-order valence-corrected chi connectivity index (χ1v) is 4.11. The third kappa shape index (κ3) is 3.37. The molecule has 3 heteroatoms. The van der Waals surface area contributed by atoms with Gasteiger partial charge in [-0.1, -0.05) is 5.16 Å². The summed E-state index contributed by atoms with van der Waals surface area (Å²) >= 11 is 0. The third-order valence-corrected chi connectivity index (χ3v) is 1.83. The van der Waals surface area contributed by atoms with Gasteiger partial charge in [-0.25, -0.2) is 0 Å². The van der Waals surface area contributed by atoms with Gasteiger partial charge in [0.25, 0.3) is 0 Å². The summed E-state index contributed by atoms with van der Waals surface area (Å²) in [6, 6.07) is 0. The minimum Gasteiger partial charge on any atom is -0.396 e. The fourth-order valence-electron chi connectivity index (χ4n) is 1.14. The number of hydrogen-bond donors (Lipinski definition) is 0. The molecule has 11 heavy (non-hydrogen) atoms. The third-order valence-electron chi connectivity index (χ3n) is 1.83. The van der Waals surface area contributed by atoms with Crippen molar-refractivity contribution in [1.82, 2.24) is 0 Å². The van der Waals surface area contributed by atoms with Crippen LogP contribution >= 0.6 is 0 Å². The fraction of sp³-hybridized carbons (Fsp3) is 0.875. The van der Waals surface area contributed by atoms with Crippen molar-refractivity contribution in [2.24, 2.45) is 11.1 Å². The molecule has 0 N–H and O–H groups in total. The Morgan fingerprint density at radius 3 is 2.91 bits per heavy atom. The first-order chi connectivity index (χ1) is 5.43. The summed E-state index contributed by atoms with van der Waals surface area (Å²) < 4.78 is 5.21. The molecule has 3 nitrogen and oxygen atoms in total. The van der Waals surface area contributed by atoms with Gasteiger partial charge in [0, 0.05) is 25.3 Å². The van der Waals surface area contributed by atoms with Gasteiger partial charge < -0.3 is 9.57 Å². The molecule has 0 bridgehead atoms. The Hall–Kier alpha value is -0.570. The van der Waals surface area contributed by atoms with Crippen molar-refractivity contribution in [3.63, 3.8) is 0 Å². The van der Waals surface area contributed by atoms with Crippen LogP contribution in [0.1, 0.15) is 19.8 Å². The summed E-state index contributed by atoms with van der Waals surface area (Å²) in [5.74, 6) is 0.646. The zero-order valence-electron chi connectivity index (χ0n) is 6.95. The Bertz CT molecular complexity index is 119. The van der Waals surface area contributed by atoms with Crippen molar-refractivity contribution in [2.45, 2.75) is 19.8 Å². The highest BCUT2D eigenvalue weighted by Crippen LogP contribution is 2.14. The second kappa shape index (κ2) is 5.13. The lowest BCUT2D eigenvalue weighted by Crippen LogP contribution is -2.19. The minimum absolute atomic E-state index is 0.646. The van der Waals surface area contributed by atoms with E-state index in [1.807, 2.05) is 6.92 Å². The highest BCUT2D eigenvalue weighted by Gasteiger charge is 2.13. The Morgan fingerprint density at radius 1 is 1.55 bits per heavy atom. The van der Waals surface area contributed by atoms with Crippen molar-refractivity contribution >= 4 is 6.21 Å². The Labute approximate surface area is 67.4 Å². The molecule has 0 aromatic rings. The number of nitrogens with zero attached hydrogens (tertiary/aromatic N) is 1. The molecule has 0 aliphatic carbocycles. The molecule has 0 unspecified atom stereocenters. The number of hydrogen-bond acceptors (Lipinski definition) is 3. The topological polar surface area (TPSA) is 30.8 Å². The lowest BCUT2D eigenvalue weighted by atomic mass is 10.0. The zero-order chi connectivity index (χ0) is 7.94. The summed E-state index contributed by atoms with van der Waals surface area (Å²) in [6.07, 6.45) is 3.89. The molecule has 0 spiro atoms. The van der Waals surface area contributed by atoms with Gasteiger partial charge in [0.1, 0.15) is 6.61 Å². The molecule has 0 atom stereocenters. The van der Waals surface area contributed by atoms with Gasteiger partial charge in [-0.2, -0.15) is 0 Å². The van der Waals surface area contributed by atoms with Gasteiger partial charge in [0.2, 0.25) is 0 Å². The molecule has 0 saturated carbocycles. The van der Waals surface area contributed by atoms with Crippen molar-refractivity contribution in [3.8, 4) is 0 Å². The molecule has 0 radical (unpaired) electrons. The van der Waals surface area contributed by atoms with E-state index in [0.29, 0.717) is 5.92 Å². The molecular formula is C8H15NO2. The molecule has 1 heterocycles. The summed E-state index contributed by atoms with van der Waals surface area (Å²) in [6.45, 7) is 4.35. The van der Waals surface area contributed by atoms with Gasteiger partial charge in [-0.05, 0) is 19.8 Å². The molecular weight excluding hydrogens is 142 g/mol. The highest BCUT2D eigenvalue weighted by atomic mass is 16.6. The van der Waals surface area contributed by atoms with Crippen LogP contribution in [0.4, 0.5) is 0 Å². The lowest BCUT2D eigenvalue weighted by Gasteiger charge is -2.20. The van der Waals surface area contributed by atoms with Crippen LogP contribution < -0.4 is 0 Å². The van der Waals surface area contributed by atoms with Crippen molar-refractivity contribution in [3.05, 3.63) is 0 Å². The summed E-state index contributed by atoms with van der Waals surface area (Å²) in [4.78, 5) is 5.04. The average molecular weight is 157 g/mol. The summed E-state index contributed by atoms with van der Waals surface area (Å²) in [7, 11) is 0. The monoisotopic (exact) mass is 157 g/mol. The van der Waals surface area contributed by atoms with Gasteiger partial charge in [0.05, 0.1) is 0 Å². The highest BCUT2D eigenvalue weighted by molar-refractivity contribution is 5.52. The number of oxime groups is 1. The zero-order valence-corrected chi connectivity index (χ0v) is 6.95. The number of ether oxygens (including phenoxy) is 1. The smallest absolute Gasteiger partial charge is 0.120 e. The van der Waals surface area contributed by atoms with E-state index in [2.05, 4.69) is 5.16 Å². The van der Waals surface area contributed by atoms with E-state index >= 15 is 0 Å². The van der Waals surface area contributed by atoms with E-state index < -0.39 is 0 Å². The Morgan fingerprint density at radius 2 is 2.27 bits per heavy atom. The van der Waals surface area contributed by atoms with Crippen LogP contribution in [0.25, 0.3) is 0 Å². The molecule has 1 rings (SSSR count). The Kier molecular flexibility index (Phi) is 3.98.